The Balaban J connectivity index is 2.32. The van der Waals surface area contributed by atoms with Gasteiger partial charge in [0.05, 0.1) is 13.2 Å². The van der Waals surface area contributed by atoms with Crippen LogP contribution in [0.5, 0.6) is 5.88 Å². The molecule has 124 valence electrons. The molecule has 0 aromatic carbocycles. The molecule has 0 fully saturated rings. The zero-order valence-electron chi connectivity index (χ0n) is 13.2. The molecule has 2 aromatic heterocycles. The number of rotatable bonds is 8. The number of carbonyl (C=O) groups excluding carboxylic acids is 1. The number of pyridine rings is 1. The van der Waals surface area contributed by atoms with E-state index in [0.717, 1.165) is 28.3 Å². The number of aliphatic hydroxyl groups excluding tert-OH is 1. The number of hydrogen-bond donors (Lipinski definition) is 1. The van der Waals surface area contributed by atoms with Crippen LogP contribution in [0.25, 0.3) is 10.6 Å². The molecule has 1 N–H and O–H groups in total. The second-order valence-corrected chi connectivity index (χ2v) is 5.80. The van der Waals surface area contributed by atoms with Gasteiger partial charge in [0.15, 0.2) is 5.69 Å². The van der Waals surface area contributed by atoms with Crippen molar-refractivity contribution in [3.63, 3.8) is 0 Å². The van der Waals surface area contributed by atoms with Crippen molar-refractivity contribution in [1.29, 1.82) is 0 Å². The van der Waals surface area contributed by atoms with E-state index in [0.29, 0.717) is 18.2 Å². The van der Waals surface area contributed by atoms with E-state index >= 15 is 0 Å². The second kappa shape index (κ2) is 8.59. The third kappa shape index (κ3) is 4.49. The van der Waals surface area contributed by atoms with Gasteiger partial charge in [-0.15, -0.1) is 11.3 Å². The quantitative estimate of drug-likeness (QED) is 0.747. The standard InChI is InChI=1S/C16H20N2O4S/c1-3-5-12-14(16(20)21-4-2)18-15(23-12)11-6-7-17-13(10-11)22-9-8-19/h6-7,10,19H,3-5,8-9H2,1-2H3. The molecule has 0 bridgehead atoms. The highest BCUT2D eigenvalue weighted by Crippen LogP contribution is 2.30. The molecule has 0 aliphatic heterocycles. The van der Waals surface area contributed by atoms with Crippen molar-refractivity contribution in [3.8, 4) is 16.5 Å². The van der Waals surface area contributed by atoms with Crippen LogP contribution in [0.15, 0.2) is 18.3 Å². The van der Waals surface area contributed by atoms with E-state index in [1.807, 2.05) is 6.07 Å². The summed E-state index contributed by atoms with van der Waals surface area (Å²) in [4.78, 5) is 21.5. The van der Waals surface area contributed by atoms with E-state index in [1.54, 1.807) is 19.2 Å². The highest BCUT2D eigenvalue weighted by molar-refractivity contribution is 7.15. The van der Waals surface area contributed by atoms with Crippen molar-refractivity contribution in [1.82, 2.24) is 9.97 Å². The number of aliphatic hydroxyl groups is 1. The molecule has 0 spiro atoms. The molecule has 2 rings (SSSR count). The van der Waals surface area contributed by atoms with E-state index < -0.39 is 0 Å². The first kappa shape index (κ1) is 17.4. The van der Waals surface area contributed by atoms with Crippen LogP contribution in [0.2, 0.25) is 0 Å². The van der Waals surface area contributed by atoms with Crippen molar-refractivity contribution in [2.75, 3.05) is 19.8 Å². The van der Waals surface area contributed by atoms with E-state index in [-0.39, 0.29) is 19.2 Å². The van der Waals surface area contributed by atoms with Crippen LogP contribution in [-0.2, 0) is 11.2 Å². The van der Waals surface area contributed by atoms with Gasteiger partial charge in [0, 0.05) is 22.7 Å². The van der Waals surface area contributed by atoms with Gasteiger partial charge in [0.1, 0.15) is 11.6 Å². The lowest BCUT2D eigenvalue weighted by Gasteiger charge is -2.03. The summed E-state index contributed by atoms with van der Waals surface area (Å²) in [6.07, 6.45) is 3.33. The average molecular weight is 336 g/mol. The van der Waals surface area contributed by atoms with Crippen LogP contribution in [0.3, 0.4) is 0 Å². The molecule has 0 amide bonds. The summed E-state index contributed by atoms with van der Waals surface area (Å²) in [6.45, 7) is 4.27. The normalized spacial score (nSPS) is 10.6. The third-order valence-electron chi connectivity index (χ3n) is 2.97. The maximum atomic E-state index is 12.1. The molecule has 0 saturated heterocycles. The van der Waals surface area contributed by atoms with Crippen molar-refractivity contribution in [3.05, 3.63) is 28.9 Å². The Morgan fingerprint density at radius 3 is 2.91 bits per heavy atom. The maximum Gasteiger partial charge on any atom is 0.358 e. The Morgan fingerprint density at radius 2 is 2.22 bits per heavy atom. The fourth-order valence-electron chi connectivity index (χ4n) is 2.00. The van der Waals surface area contributed by atoms with Gasteiger partial charge in [-0.2, -0.15) is 0 Å². The summed E-state index contributed by atoms with van der Waals surface area (Å²) in [7, 11) is 0. The molecule has 2 heterocycles. The minimum absolute atomic E-state index is 0.0726. The van der Waals surface area contributed by atoms with Crippen LogP contribution in [0, 0.1) is 0 Å². The molecule has 23 heavy (non-hydrogen) atoms. The van der Waals surface area contributed by atoms with Crippen LogP contribution in [0.4, 0.5) is 0 Å². The van der Waals surface area contributed by atoms with E-state index in [4.69, 9.17) is 14.6 Å². The Hall–Kier alpha value is -1.99. The lowest BCUT2D eigenvalue weighted by atomic mass is 10.2. The molecule has 2 aromatic rings. The zero-order valence-corrected chi connectivity index (χ0v) is 14.1. The van der Waals surface area contributed by atoms with Gasteiger partial charge in [-0.05, 0) is 19.4 Å². The van der Waals surface area contributed by atoms with Crippen LogP contribution < -0.4 is 4.74 Å². The summed E-state index contributed by atoms with van der Waals surface area (Å²) >= 11 is 1.48. The number of thiazole rings is 1. The molecule has 7 heteroatoms. The van der Waals surface area contributed by atoms with E-state index in [1.165, 1.54) is 11.3 Å². The number of esters is 1. The zero-order chi connectivity index (χ0) is 16.7. The summed E-state index contributed by atoms with van der Waals surface area (Å²) < 4.78 is 10.4. The predicted molar refractivity (Wildman–Crippen MR) is 87.9 cm³/mol. The monoisotopic (exact) mass is 336 g/mol. The SMILES string of the molecule is CCCc1sc(-c2ccnc(OCCO)c2)nc1C(=O)OCC. The lowest BCUT2D eigenvalue weighted by Crippen LogP contribution is -2.07. The first-order chi connectivity index (χ1) is 11.2. The Kier molecular flexibility index (Phi) is 6.49. The number of ether oxygens (including phenoxy) is 2. The first-order valence-electron chi connectivity index (χ1n) is 7.56. The van der Waals surface area contributed by atoms with Crippen molar-refractivity contribution < 1.29 is 19.4 Å². The second-order valence-electron chi connectivity index (χ2n) is 4.72. The van der Waals surface area contributed by atoms with Crippen molar-refractivity contribution >= 4 is 17.3 Å². The van der Waals surface area contributed by atoms with E-state index in [9.17, 15) is 4.79 Å². The number of hydrogen-bond acceptors (Lipinski definition) is 7. The Labute approximate surface area is 139 Å². The summed E-state index contributed by atoms with van der Waals surface area (Å²) in [6, 6.07) is 3.56. The van der Waals surface area contributed by atoms with E-state index in [2.05, 4.69) is 16.9 Å². The molecule has 0 aliphatic rings. The number of carbonyl (C=O) groups is 1. The van der Waals surface area contributed by atoms with Gasteiger partial charge in [0.2, 0.25) is 5.88 Å². The summed E-state index contributed by atoms with van der Waals surface area (Å²) in [5.41, 5.74) is 1.22. The number of nitrogens with zero attached hydrogens (tertiary/aromatic N) is 2. The van der Waals surface area contributed by atoms with Crippen molar-refractivity contribution in [2.24, 2.45) is 0 Å². The average Bonchev–Trinajstić information content (AvgIpc) is 2.98. The summed E-state index contributed by atoms with van der Waals surface area (Å²) in [5.74, 6) is 0.0331. The fourth-order valence-corrected chi connectivity index (χ4v) is 3.15. The van der Waals surface area contributed by atoms with Gasteiger partial charge in [0.25, 0.3) is 0 Å². The smallest absolute Gasteiger partial charge is 0.358 e. The van der Waals surface area contributed by atoms with Gasteiger partial charge < -0.3 is 14.6 Å². The third-order valence-corrected chi connectivity index (χ3v) is 4.13. The highest BCUT2D eigenvalue weighted by Gasteiger charge is 2.19. The largest absolute Gasteiger partial charge is 0.475 e. The molecular formula is C16H20N2O4S. The first-order valence-corrected chi connectivity index (χ1v) is 8.38. The molecule has 0 unspecified atom stereocenters. The summed E-state index contributed by atoms with van der Waals surface area (Å²) in [5, 5.41) is 9.54. The minimum atomic E-state index is -0.385. The fraction of sp³-hybridized carbons (Fsp3) is 0.438. The Morgan fingerprint density at radius 1 is 1.39 bits per heavy atom. The van der Waals surface area contributed by atoms with Gasteiger partial charge in [-0.1, -0.05) is 13.3 Å². The van der Waals surface area contributed by atoms with Crippen molar-refractivity contribution in [2.45, 2.75) is 26.7 Å². The predicted octanol–water partition coefficient (Wildman–Crippen LogP) is 2.71. The molecule has 0 saturated carbocycles. The van der Waals surface area contributed by atoms with Gasteiger partial charge in [-0.3, -0.25) is 0 Å². The highest BCUT2D eigenvalue weighted by atomic mass is 32.1. The van der Waals surface area contributed by atoms with Gasteiger partial charge >= 0.3 is 5.97 Å². The number of aromatic nitrogens is 2. The molecule has 0 radical (unpaired) electrons. The topological polar surface area (TPSA) is 81.5 Å². The van der Waals surface area contributed by atoms with Crippen LogP contribution >= 0.6 is 11.3 Å². The maximum absolute atomic E-state index is 12.1. The number of aryl methyl sites for hydroxylation is 1. The molecule has 0 aliphatic carbocycles. The molecular weight excluding hydrogens is 316 g/mol. The van der Waals surface area contributed by atoms with Crippen LogP contribution in [0.1, 0.15) is 35.6 Å². The lowest BCUT2D eigenvalue weighted by molar-refractivity contribution is 0.0519. The Bertz CT molecular complexity index is 657. The molecule has 0 atom stereocenters. The van der Waals surface area contributed by atoms with Gasteiger partial charge in [-0.25, -0.2) is 14.8 Å². The van der Waals surface area contributed by atoms with Crippen LogP contribution in [-0.4, -0.2) is 40.9 Å². The minimum Gasteiger partial charge on any atom is -0.475 e. The molecule has 6 nitrogen and oxygen atoms in total.